The van der Waals surface area contributed by atoms with Crippen LogP contribution in [-0.2, 0) is 17.6 Å². The lowest BCUT2D eigenvalue weighted by Crippen LogP contribution is -2.12. The summed E-state index contributed by atoms with van der Waals surface area (Å²) in [6, 6.07) is 4.09. The van der Waals surface area contributed by atoms with E-state index in [1.165, 1.54) is 31.0 Å². The van der Waals surface area contributed by atoms with Crippen molar-refractivity contribution < 1.29 is 4.79 Å². The van der Waals surface area contributed by atoms with Gasteiger partial charge in [-0.2, -0.15) is 0 Å². The molecule has 1 aliphatic rings. The highest BCUT2D eigenvalue weighted by Crippen LogP contribution is 2.30. The molecule has 0 saturated heterocycles. The van der Waals surface area contributed by atoms with Gasteiger partial charge < -0.3 is 10.6 Å². The van der Waals surface area contributed by atoms with Crippen molar-refractivity contribution in [2.24, 2.45) is 0 Å². The first-order valence-electron chi connectivity index (χ1n) is 8.46. The molecule has 0 unspecified atom stereocenters. The average molecular weight is 324 g/mol. The van der Waals surface area contributed by atoms with Crippen molar-refractivity contribution in [2.45, 2.75) is 53.4 Å². The molecule has 24 heavy (non-hydrogen) atoms. The van der Waals surface area contributed by atoms with Crippen molar-refractivity contribution in [3.05, 3.63) is 40.3 Å². The van der Waals surface area contributed by atoms with Crippen LogP contribution < -0.4 is 10.6 Å². The Kier molecular flexibility index (Phi) is 4.51. The summed E-state index contributed by atoms with van der Waals surface area (Å²) in [5.41, 5.74) is 6.37. The molecule has 0 spiro atoms. The van der Waals surface area contributed by atoms with Crippen molar-refractivity contribution in [3.8, 4) is 0 Å². The zero-order chi connectivity index (χ0) is 17.3. The molecule has 0 saturated carbocycles. The molecule has 126 valence electrons. The summed E-state index contributed by atoms with van der Waals surface area (Å²) in [4.78, 5) is 20.6. The van der Waals surface area contributed by atoms with E-state index in [4.69, 9.17) is 0 Å². The number of amides is 1. The summed E-state index contributed by atoms with van der Waals surface area (Å²) in [6.45, 7) is 7.48. The van der Waals surface area contributed by atoms with E-state index in [0.29, 0.717) is 0 Å². The lowest BCUT2D eigenvalue weighted by Gasteiger charge is -2.20. The number of anilines is 3. The third kappa shape index (κ3) is 3.40. The van der Waals surface area contributed by atoms with E-state index < -0.39 is 0 Å². The Hall–Kier alpha value is -2.43. The smallest absolute Gasteiger partial charge is 0.221 e. The Bertz CT molecular complexity index is 775. The third-order valence-corrected chi connectivity index (χ3v) is 4.39. The minimum absolute atomic E-state index is 0.0533. The number of hydrogen-bond acceptors (Lipinski definition) is 4. The van der Waals surface area contributed by atoms with E-state index in [2.05, 4.69) is 20.6 Å². The summed E-state index contributed by atoms with van der Waals surface area (Å²) in [5.74, 6) is 1.67. The molecule has 0 atom stereocenters. The zero-order valence-corrected chi connectivity index (χ0v) is 14.8. The first-order valence-corrected chi connectivity index (χ1v) is 8.46. The number of aryl methyl sites for hydroxylation is 4. The Balaban J connectivity index is 1.95. The number of aromatic nitrogens is 2. The first-order chi connectivity index (χ1) is 11.4. The van der Waals surface area contributed by atoms with Crippen LogP contribution in [-0.4, -0.2) is 15.9 Å². The summed E-state index contributed by atoms with van der Waals surface area (Å²) in [6.07, 6.45) is 4.45. The van der Waals surface area contributed by atoms with Crippen molar-refractivity contribution in [1.82, 2.24) is 9.97 Å². The van der Waals surface area contributed by atoms with Crippen molar-refractivity contribution in [1.29, 1.82) is 0 Å². The molecule has 0 bridgehead atoms. The highest BCUT2D eigenvalue weighted by Gasteiger charge is 2.17. The third-order valence-electron chi connectivity index (χ3n) is 4.39. The van der Waals surface area contributed by atoms with Crippen molar-refractivity contribution in [3.63, 3.8) is 0 Å². The Morgan fingerprint density at radius 1 is 1.04 bits per heavy atom. The molecule has 0 aliphatic heterocycles. The number of nitrogens with zero attached hydrogens (tertiary/aromatic N) is 2. The largest absolute Gasteiger partial charge is 0.340 e. The van der Waals surface area contributed by atoms with Gasteiger partial charge in [0.1, 0.15) is 11.6 Å². The van der Waals surface area contributed by atoms with E-state index in [-0.39, 0.29) is 5.91 Å². The van der Waals surface area contributed by atoms with Crippen LogP contribution in [0.1, 0.15) is 48.0 Å². The topological polar surface area (TPSA) is 66.9 Å². The SMILES string of the molecule is CC(=O)Nc1c(C)cc(Nc2nc(C)nc3c2CCCC3)cc1C. The number of benzene rings is 1. The minimum atomic E-state index is -0.0533. The first kappa shape index (κ1) is 16.4. The van der Waals surface area contributed by atoms with Crippen molar-refractivity contribution >= 4 is 23.1 Å². The highest BCUT2D eigenvalue weighted by molar-refractivity contribution is 5.91. The van der Waals surface area contributed by atoms with Crippen LogP contribution in [0.4, 0.5) is 17.2 Å². The van der Waals surface area contributed by atoms with Gasteiger partial charge in [0.05, 0.1) is 0 Å². The molecule has 3 rings (SSSR count). The van der Waals surface area contributed by atoms with Gasteiger partial charge in [-0.1, -0.05) is 0 Å². The lowest BCUT2D eigenvalue weighted by molar-refractivity contribution is -0.114. The van der Waals surface area contributed by atoms with E-state index in [9.17, 15) is 4.79 Å². The molecular formula is C19H24N4O. The summed E-state index contributed by atoms with van der Waals surface area (Å²) >= 11 is 0. The number of carbonyl (C=O) groups is 1. The van der Waals surface area contributed by atoms with Crippen LogP contribution in [0, 0.1) is 20.8 Å². The van der Waals surface area contributed by atoms with Gasteiger partial charge in [0, 0.05) is 29.6 Å². The quantitative estimate of drug-likeness (QED) is 0.896. The van der Waals surface area contributed by atoms with E-state index >= 15 is 0 Å². The zero-order valence-electron chi connectivity index (χ0n) is 14.8. The maximum Gasteiger partial charge on any atom is 0.221 e. The molecular weight excluding hydrogens is 300 g/mol. The summed E-state index contributed by atoms with van der Waals surface area (Å²) in [7, 11) is 0. The van der Waals surface area contributed by atoms with E-state index in [0.717, 1.165) is 47.0 Å². The maximum absolute atomic E-state index is 11.3. The maximum atomic E-state index is 11.3. The fourth-order valence-corrected chi connectivity index (χ4v) is 3.37. The number of nitrogens with one attached hydrogen (secondary N) is 2. The van der Waals surface area contributed by atoms with Gasteiger partial charge in [0.25, 0.3) is 0 Å². The number of hydrogen-bond donors (Lipinski definition) is 2. The van der Waals surface area contributed by atoms with E-state index in [1.807, 2.05) is 32.9 Å². The molecule has 1 aromatic heterocycles. The number of carbonyl (C=O) groups excluding carboxylic acids is 1. The van der Waals surface area contributed by atoms with E-state index in [1.54, 1.807) is 0 Å². The second-order valence-electron chi connectivity index (χ2n) is 6.54. The van der Waals surface area contributed by atoms with Gasteiger partial charge in [-0.05, 0) is 69.7 Å². The van der Waals surface area contributed by atoms with Gasteiger partial charge in [-0.25, -0.2) is 9.97 Å². The predicted octanol–water partition coefficient (Wildman–Crippen LogP) is 3.98. The monoisotopic (exact) mass is 324 g/mol. The fourth-order valence-electron chi connectivity index (χ4n) is 3.37. The Morgan fingerprint density at radius 3 is 2.38 bits per heavy atom. The summed E-state index contributed by atoms with van der Waals surface area (Å²) in [5, 5.41) is 6.37. The Morgan fingerprint density at radius 2 is 1.71 bits per heavy atom. The highest BCUT2D eigenvalue weighted by atomic mass is 16.1. The number of rotatable bonds is 3. The van der Waals surface area contributed by atoms with Crippen molar-refractivity contribution in [2.75, 3.05) is 10.6 Å². The number of fused-ring (bicyclic) bond motifs is 1. The van der Waals surface area contributed by atoms with Crippen LogP contribution in [0.3, 0.4) is 0 Å². The van der Waals surface area contributed by atoms with Gasteiger partial charge >= 0.3 is 0 Å². The molecule has 2 aromatic rings. The minimum Gasteiger partial charge on any atom is -0.340 e. The van der Waals surface area contributed by atoms with Crippen LogP contribution in [0.5, 0.6) is 0 Å². The Labute approximate surface area is 142 Å². The molecule has 5 nitrogen and oxygen atoms in total. The lowest BCUT2D eigenvalue weighted by atomic mass is 9.96. The second-order valence-corrected chi connectivity index (χ2v) is 6.54. The van der Waals surface area contributed by atoms with Crippen LogP contribution in [0.15, 0.2) is 12.1 Å². The average Bonchev–Trinajstić information content (AvgIpc) is 2.50. The molecule has 0 fully saturated rings. The summed E-state index contributed by atoms with van der Waals surface area (Å²) < 4.78 is 0. The standard InChI is InChI=1S/C19H24N4O/c1-11-9-15(10-12(2)18(11)22-14(4)24)23-19-16-7-5-6-8-17(16)20-13(3)21-19/h9-10H,5-8H2,1-4H3,(H,22,24)(H,20,21,23). The van der Waals surface area contributed by atoms with Gasteiger partial charge in [0.15, 0.2) is 0 Å². The molecule has 2 N–H and O–H groups in total. The molecule has 1 aliphatic carbocycles. The van der Waals surface area contributed by atoms with Gasteiger partial charge in [-0.3, -0.25) is 4.79 Å². The van der Waals surface area contributed by atoms with Gasteiger partial charge in [0.2, 0.25) is 5.91 Å². The van der Waals surface area contributed by atoms with Crippen LogP contribution in [0.2, 0.25) is 0 Å². The van der Waals surface area contributed by atoms with Gasteiger partial charge in [-0.15, -0.1) is 0 Å². The molecule has 1 amide bonds. The fraction of sp³-hybridized carbons (Fsp3) is 0.421. The van der Waals surface area contributed by atoms with Crippen LogP contribution in [0.25, 0.3) is 0 Å². The molecule has 1 aromatic carbocycles. The molecule has 5 heteroatoms. The molecule has 0 radical (unpaired) electrons. The van der Waals surface area contributed by atoms with Crippen LogP contribution >= 0.6 is 0 Å². The second kappa shape index (κ2) is 6.59. The predicted molar refractivity (Wildman–Crippen MR) is 96.9 cm³/mol. The molecule has 1 heterocycles. The normalized spacial score (nSPS) is 13.3.